The molecule has 170 valence electrons. The first-order chi connectivity index (χ1) is 16.2. The quantitative estimate of drug-likeness (QED) is 0.298. The predicted molar refractivity (Wildman–Crippen MR) is 134 cm³/mol. The zero-order valence-electron chi connectivity index (χ0n) is 18.7. The minimum atomic E-state index is 0.0465. The number of carbonyl (C=O) groups excluding carboxylic acids is 1. The van der Waals surface area contributed by atoms with Gasteiger partial charge >= 0.3 is 0 Å². The molecule has 33 heavy (non-hydrogen) atoms. The van der Waals surface area contributed by atoms with Crippen molar-refractivity contribution in [1.82, 2.24) is 19.7 Å². The van der Waals surface area contributed by atoms with Crippen LogP contribution in [0, 0.1) is 6.92 Å². The summed E-state index contributed by atoms with van der Waals surface area (Å²) in [5.74, 6) is 1.07. The average molecular weight is 479 g/mol. The zero-order valence-corrected chi connectivity index (χ0v) is 20.3. The second-order valence-corrected chi connectivity index (χ2v) is 9.49. The van der Waals surface area contributed by atoms with Gasteiger partial charge in [0.1, 0.15) is 0 Å². The number of aromatic nitrogens is 3. The molecule has 2 heterocycles. The number of aryl methyl sites for hydroxylation is 1. The van der Waals surface area contributed by atoms with Crippen molar-refractivity contribution in [2.75, 3.05) is 26.0 Å². The number of thioether (sulfide) groups is 1. The number of amides is 1. The Balaban J connectivity index is 1.57. The molecule has 8 heteroatoms. The van der Waals surface area contributed by atoms with Gasteiger partial charge in [0, 0.05) is 29.8 Å². The van der Waals surface area contributed by atoms with E-state index in [1.54, 1.807) is 18.4 Å². The fourth-order valence-electron chi connectivity index (χ4n) is 3.37. The Morgan fingerprint density at radius 1 is 1.06 bits per heavy atom. The Hall–Kier alpha value is -2.94. The third-order valence-electron chi connectivity index (χ3n) is 5.13. The summed E-state index contributed by atoms with van der Waals surface area (Å²) in [4.78, 5) is 16.1. The van der Waals surface area contributed by atoms with E-state index in [1.165, 1.54) is 17.3 Å². The average Bonchev–Trinajstić information content (AvgIpc) is 3.51. The maximum Gasteiger partial charge on any atom is 0.233 e. The molecule has 0 fully saturated rings. The third kappa shape index (κ3) is 5.90. The van der Waals surface area contributed by atoms with Crippen LogP contribution in [0.5, 0.6) is 0 Å². The molecule has 0 aliphatic heterocycles. The minimum absolute atomic E-state index is 0.0465. The molecule has 0 unspecified atom stereocenters. The van der Waals surface area contributed by atoms with Gasteiger partial charge in [-0.1, -0.05) is 65.9 Å². The van der Waals surface area contributed by atoms with Crippen molar-refractivity contribution in [2.45, 2.75) is 18.6 Å². The molecule has 0 saturated carbocycles. The molecular formula is C25H26N4O2S2. The lowest BCUT2D eigenvalue weighted by molar-refractivity contribution is -0.129. The molecular weight excluding hydrogens is 452 g/mol. The van der Waals surface area contributed by atoms with E-state index in [0.29, 0.717) is 24.9 Å². The lowest BCUT2D eigenvalue weighted by atomic mass is 10.2. The SMILES string of the molecule is COCCN(Cc1cccs1)C(=O)CSc1nnc(-c2ccccc2)n1-c1ccc(C)cc1. The van der Waals surface area contributed by atoms with Gasteiger partial charge in [-0.3, -0.25) is 9.36 Å². The molecule has 0 aliphatic carbocycles. The Kier molecular flexibility index (Phi) is 7.93. The van der Waals surface area contributed by atoms with Crippen LogP contribution in [0.1, 0.15) is 10.4 Å². The molecule has 6 nitrogen and oxygen atoms in total. The van der Waals surface area contributed by atoms with Crippen LogP contribution < -0.4 is 0 Å². The molecule has 4 aromatic rings. The summed E-state index contributed by atoms with van der Waals surface area (Å²) in [5.41, 5.74) is 3.12. The Bertz CT molecular complexity index is 1160. The van der Waals surface area contributed by atoms with Gasteiger partial charge in [0.25, 0.3) is 0 Å². The van der Waals surface area contributed by atoms with Gasteiger partial charge in [-0.15, -0.1) is 21.5 Å². The lowest BCUT2D eigenvalue weighted by Gasteiger charge is -2.21. The topological polar surface area (TPSA) is 60.2 Å². The van der Waals surface area contributed by atoms with Crippen LogP contribution in [0.4, 0.5) is 0 Å². The normalized spacial score (nSPS) is 11.0. The third-order valence-corrected chi connectivity index (χ3v) is 6.90. The van der Waals surface area contributed by atoms with Gasteiger partial charge in [-0.25, -0.2) is 0 Å². The highest BCUT2D eigenvalue weighted by Crippen LogP contribution is 2.28. The molecule has 1 amide bonds. The van der Waals surface area contributed by atoms with Gasteiger partial charge < -0.3 is 9.64 Å². The molecule has 0 bridgehead atoms. The monoisotopic (exact) mass is 478 g/mol. The molecule has 0 saturated heterocycles. The Morgan fingerprint density at radius 3 is 2.55 bits per heavy atom. The van der Waals surface area contributed by atoms with Crippen LogP contribution in [0.25, 0.3) is 17.1 Å². The van der Waals surface area contributed by atoms with Crippen LogP contribution in [0.2, 0.25) is 0 Å². The first-order valence-corrected chi connectivity index (χ1v) is 12.5. The number of thiophene rings is 1. The van der Waals surface area contributed by atoms with Crippen molar-refractivity contribution in [1.29, 1.82) is 0 Å². The summed E-state index contributed by atoms with van der Waals surface area (Å²) < 4.78 is 7.24. The van der Waals surface area contributed by atoms with Crippen LogP contribution >= 0.6 is 23.1 Å². The summed E-state index contributed by atoms with van der Waals surface area (Å²) in [6.45, 7) is 3.69. The molecule has 0 aliphatic rings. The van der Waals surface area contributed by atoms with Crippen LogP contribution in [0.3, 0.4) is 0 Å². The number of rotatable bonds is 10. The van der Waals surface area contributed by atoms with Crippen molar-refractivity contribution in [3.8, 4) is 17.1 Å². The van der Waals surface area contributed by atoms with Gasteiger partial charge in [-0.05, 0) is 30.5 Å². The summed E-state index contributed by atoms with van der Waals surface area (Å²) in [5, 5.41) is 11.6. The van der Waals surface area contributed by atoms with Gasteiger partial charge in [0.05, 0.1) is 18.9 Å². The van der Waals surface area contributed by atoms with Crippen molar-refractivity contribution >= 4 is 29.0 Å². The van der Waals surface area contributed by atoms with Crippen molar-refractivity contribution in [3.05, 3.63) is 82.6 Å². The summed E-state index contributed by atoms with van der Waals surface area (Å²) in [6.07, 6.45) is 0. The minimum Gasteiger partial charge on any atom is -0.383 e. The smallest absolute Gasteiger partial charge is 0.233 e. The maximum absolute atomic E-state index is 13.1. The van der Waals surface area contributed by atoms with Crippen molar-refractivity contribution in [3.63, 3.8) is 0 Å². The maximum atomic E-state index is 13.1. The molecule has 0 radical (unpaired) electrons. The number of methoxy groups -OCH3 is 1. The standard InChI is InChI=1S/C25H26N4O2S2/c1-19-10-12-21(13-11-19)29-24(20-7-4-3-5-8-20)26-27-25(29)33-18-23(30)28(14-15-31-2)17-22-9-6-16-32-22/h3-13,16H,14-15,17-18H2,1-2H3. The van der Waals surface area contributed by atoms with Crippen LogP contribution in [-0.2, 0) is 16.1 Å². The first kappa shape index (κ1) is 23.2. The molecule has 0 N–H and O–H groups in total. The van der Waals surface area contributed by atoms with E-state index in [9.17, 15) is 4.79 Å². The number of hydrogen-bond donors (Lipinski definition) is 0. The number of nitrogens with zero attached hydrogens (tertiary/aromatic N) is 4. The largest absolute Gasteiger partial charge is 0.383 e. The van der Waals surface area contributed by atoms with Crippen molar-refractivity contribution in [2.24, 2.45) is 0 Å². The van der Waals surface area contributed by atoms with Gasteiger partial charge in [-0.2, -0.15) is 0 Å². The molecule has 2 aromatic carbocycles. The van der Waals surface area contributed by atoms with E-state index in [4.69, 9.17) is 4.74 Å². The van der Waals surface area contributed by atoms with E-state index >= 15 is 0 Å². The highest BCUT2D eigenvalue weighted by Gasteiger charge is 2.20. The fraction of sp³-hybridized carbons (Fsp3) is 0.240. The van der Waals surface area contributed by atoms with Crippen molar-refractivity contribution < 1.29 is 9.53 Å². The first-order valence-electron chi connectivity index (χ1n) is 10.7. The van der Waals surface area contributed by atoms with E-state index in [1.807, 2.05) is 57.3 Å². The van der Waals surface area contributed by atoms with Gasteiger partial charge in [0.2, 0.25) is 5.91 Å². The second-order valence-electron chi connectivity index (χ2n) is 7.52. The molecule has 2 aromatic heterocycles. The number of carbonyl (C=O) groups is 1. The second kappa shape index (κ2) is 11.3. The van der Waals surface area contributed by atoms with Crippen LogP contribution in [0.15, 0.2) is 77.3 Å². The fourth-order valence-corrected chi connectivity index (χ4v) is 4.94. The number of ether oxygens (including phenoxy) is 1. The van der Waals surface area contributed by atoms with Gasteiger partial charge in [0.15, 0.2) is 11.0 Å². The molecule has 4 rings (SSSR count). The lowest BCUT2D eigenvalue weighted by Crippen LogP contribution is -2.34. The summed E-state index contributed by atoms with van der Waals surface area (Å²) >= 11 is 3.06. The molecule has 0 spiro atoms. The van der Waals surface area contributed by atoms with E-state index < -0.39 is 0 Å². The summed E-state index contributed by atoms with van der Waals surface area (Å²) in [6, 6.07) is 22.3. The highest BCUT2D eigenvalue weighted by atomic mass is 32.2. The van der Waals surface area contributed by atoms with E-state index in [-0.39, 0.29) is 11.7 Å². The van der Waals surface area contributed by atoms with Crippen LogP contribution in [-0.4, -0.2) is 51.6 Å². The number of benzene rings is 2. The Morgan fingerprint density at radius 2 is 1.85 bits per heavy atom. The zero-order chi connectivity index (χ0) is 23.0. The predicted octanol–water partition coefficient (Wildman–Crippen LogP) is 5.07. The van der Waals surface area contributed by atoms with E-state index in [0.717, 1.165) is 22.0 Å². The molecule has 0 atom stereocenters. The summed E-state index contributed by atoms with van der Waals surface area (Å²) in [7, 11) is 1.65. The van der Waals surface area contributed by atoms with E-state index in [2.05, 4.69) is 41.4 Å². The highest BCUT2D eigenvalue weighted by molar-refractivity contribution is 7.99. The Labute approximate surface area is 202 Å². The number of hydrogen-bond acceptors (Lipinski definition) is 6.